The number of ether oxygens (including phenoxy) is 1. The van der Waals surface area contributed by atoms with Crippen molar-refractivity contribution in [3.8, 4) is 0 Å². The molecule has 0 amide bonds. The molecule has 0 saturated heterocycles. The Morgan fingerprint density at radius 3 is 2.30 bits per heavy atom. The lowest BCUT2D eigenvalue weighted by Crippen LogP contribution is -2.30. The molecule has 1 N–H and O–H groups in total. The van der Waals surface area contributed by atoms with Gasteiger partial charge in [0.05, 0.1) is 18.4 Å². The Hall–Kier alpha value is -2.62. The number of aryl methyl sites for hydroxylation is 1. The second kappa shape index (κ2) is 8.85. The molecule has 4 nitrogen and oxygen atoms in total. The molecule has 4 heteroatoms. The summed E-state index contributed by atoms with van der Waals surface area (Å²) in [4.78, 5) is 26.0. The Balaban J connectivity index is 2.34. The van der Waals surface area contributed by atoms with Crippen LogP contribution in [0.5, 0.6) is 0 Å². The van der Waals surface area contributed by atoms with E-state index in [1.165, 1.54) is 12.7 Å². The van der Waals surface area contributed by atoms with Gasteiger partial charge in [-0.3, -0.25) is 9.59 Å². The zero-order chi connectivity index (χ0) is 20.1. The van der Waals surface area contributed by atoms with Crippen LogP contribution < -0.4 is 5.32 Å². The van der Waals surface area contributed by atoms with E-state index in [-0.39, 0.29) is 23.2 Å². The minimum Gasteiger partial charge on any atom is -0.492 e. The van der Waals surface area contributed by atoms with Crippen molar-refractivity contribution in [1.82, 2.24) is 0 Å². The third kappa shape index (κ3) is 4.76. The van der Waals surface area contributed by atoms with Gasteiger partial charge >= 0.3 is 0 Å². The van der Waals surface area contributed by atoms with E-state index >= 15 is 0 Å². The minimum atomic E-state index is -0.226. The number of benzene rings is 1. The Morgan fingerprint density at radius 1 is 1.11 bits per heavy atom. The zero-order valence-corrected chi connectivity index (χ0v) is 17.1. The van der Waals surface area contributed by atoms with Gasteiger partial charge in [0.2, 0.25) is 11.6 Å². The molecule has 1 atom stereocenters. The van der Waals surface area contributed by atoms with Crippen LogP contribution in [-0.2, 0) is 14.3 Å². The van der Waals surface area contributed by atoms with Gasteiger partial charge in [0.25, 0.3) is 0 Å². The molecule has 0 aromatic heterocycles. The van der Waals surface area contributed by atoms with Crippen LogP contribution in [0.4, 0.5) is 5.69 Å². The summed E-state index contributed by atoms with van der Waals surface area (Å²) < 4.78 is 5.35. The maximum Gasteiger partial charge on any atom is 0.225 e. The molecule has 1 aromatic carbocycles. The van der Waals surface area contributed by atoms with Crippen molar-refractivity contribution < 1.29 is 14.3 Å². The molecule has 0 heterocycles. The SMILES string of the molecule is COC1=C(C(C)CCC=C(C)C)C(=O)C(Nc2ccc(C)cc2)=C(C)C1=O. The number of carbonyl (C=O) groups is 2. The molecule has 1 unspecified atom stereocenters. The predicted molar refractivity (Wildman–Crippen MR) is 109 cm³/mol. The van der Waals surface area contributed by atoms with Gasteiger partial charge in [0, 0.05) is 11.3 Å². The average molecular weight is 367 g/mol. The summed E-state index contributed by atoms with van der Waals surface area (Å²) in [5, 5.41) is 3.15. The van der Waals surface area contributed by atoms with Gasteiger partial charge in [-0.1, -0.05) is 36.3 Å². The maximum absolute atomic E-state index is 13.2. The molecule has 144 valence electrons. The summed E-state index contributed by atoms with van der Waals surface area (Å²) in [5.41, 5.74) is 4.35. The number of anilines is 1. The fourth-order valence-electron chi connectivity index (χ4n) is 3.16. The van der Waals surface area contributed by atoms with E-state index < -0.39 is 0 Å². The van der Waals surface area contributed by atoms with Crippen molar-refractivity contribution in [1.29, 1.82) is 0 Å². The number of hydrogen-bond acceptors (Lipinski definition) is 4. The molecule has 0 radical (unpaired) electrons. The normalized spacial score (nSPS) is 15.8. The van der Waals surface area contributed by atoms with Gasteiger partial charge in [-0.2, -0.15) is 0 Å². The number of ketones is 2. The second-order valence-corrected chi connectivity index (χ2v) is 7.36. The Bertz CT molecular complexity index is 822. The second-order valence-electron chi connectivity index (χ2n) is 7.36. The van der Waals surface area contributed by atoms with Crippen LogP contribution >= 0.6 is 0 Å². The topological polar surface area (TPSA) is 55.4 Å². The third-order valence-corrected chi connectivity index (χ3v) is 4.81. The monoisotopic (exact) mass is 367 g/mol. The number of rotatable bonds is 7. The Morgan fingerprint density at radius 2 is 1.74 bits per heavy atom. The quantitative estimate of drug-likeness (QED) is 0.537. The predicted octanol–water partition coefficient (Wildman–Crippen LogP) is 5.12. The van der Waals surface area contributed by atoms with E-state index in [9.17, 15) is 9.59 Å². The molecule has 0 fully saturated rings. The summed E-state index contributed by atoms with van der Waals surface area (Å²) in [6, 6.07) is 7.74. The molecule has 27 heavy (non-hydrogen) atoms. The number of hydrogen-bond donors (Lipinski definition) is 1. The molecule has 1 aromatic rings. The Kier molecular flexibility index (Phi) is 6.78. The highest BCUT2D eigenvalue weighted by atomic mass is 16.5. The molecule has 1 aliphatic rings. The molecule has 0 spiro atoms. The van der Waals surface area contributed by atoms with Crippen molar-refractivity contribution in [2.75, 3.05) is 12.4 Å². The van der Waals surface area contributed by atoms with E-state index in [0.717, 1.165) is 24.1 Å². The first-order chi connectivity index (χ1) is 12.8. The van der Waals surface area contributed by atoms with Crippen LogP contribution in [0.25, 0.3) is 0 Å². The molecule has 0 saturated carbocycles. The van der Waals surface area contributed by atoms with Gasteiger partial charge in [-0.05, 0) is 58.6 Å². The van der Waals surface area contributed by atoms with Crippen LogP contribution in [0, 0.1) is 12.8 Å². The van der Waals surface area contributed by atoms with Crippen LogP contribution in [0.15, 0.2) is 58.5 Å². The van der Waals surface area contributed by atoms with Crippen molar-refractivity contribution >= 4 is 17.3 Å². The summed E-state index contributed by atoms with van der Waals surface area (Å²) in [6.07, 6.45) is 3.78. The highest BCUT2D eigenvalue weighted by Crippen LogP contribution is 2.32. The first-order valence-electron chi connectivity index (χ1n) is 9.31. The number of Topliss-reactive ketones (excluding diaryl/α,β-unsaturated/α-hetero) is 2. The number of carbonyl (C=O) groups excluding carboxylic acids is 2. The van der Waals surface area contributed by atoms with Gasteiger partial charge in [0.1, 0.15) is 0 Å². The first-order valence-corrected chi connectivity index (χ1v) is 9.31. The van der Waals surface area contributed by atoms with Crippen LogP contribution in [0.2, 0.25) is 0 Å². The largest absolute Gasteiger partial charge is 0.492 e. The number of methoxy groups -OCH3 is 1. The molecular formula is C23H29NO3. The number of nitrogens with one attached hydrogen (secondary N) is 1. The summed E-state index contributed by atoms with van der Waals surface area (Å²) in [6.45, 7) is 9.75. The fourth-order valence-corrected chi connectivity index (χ4v) is 3.16. The smallest absolute Gasteiger partial charge is 0.225 e. The van der Waals surface area contributed by atoms with E-state index in [2.05, 4.69) is 25.2 Å². The van der Waals surface area contributed by atoms with Crippen molar-refractivity contribution in [3.05, 3.63) is 64.1 Å². The van der Waals surface area contributed by atoms with E-state index in [4.69, 9.17) is 4.74 Å². The van der Waals surface area contributed by atoms with Gasteiger partial charge in [-0.15, -0.1) is 0 Å². The van der Waals surface area contributed by atoms with Crippen molar-refractivity contribution in [2.45, 2.75) is 47.5 Å². The van der Waals surface area contributed by atoms with Crippen molar-refractivity contribution in [3.63, 3.8) is 0 Å². The van der Waals surface area contributed by atoms with Gasteiger partial charge in [-0.25, -0.2) is 0 Å². The maximum atomic E-state index is 13.2. The standard InChI is InChI=1S/C23H29NO3/c1-14(2)8-7-9-16(4)19-22(26)20(17(5)21(25)23(19)27-6)24-18-12-10-15(3)11-13-18/h8,10-13,16,24H,7,9H2,1-6H3. The van der Waals surface area contributed by atoms with E-state index in [1.54, 1.807) is 6.92 Å². The van der Waals surface area contributed by atoms with E-state index in [0.29, 0.717) is 16.8 Å². The number of allylic oxidation sites excluding steroid dienone is 4. The lowest BCUT2D eigenvalue weighted by atomic mass is 9.83. The molecule has 0 aliphatic heterocycles. The summed E-state index contributed by atoms with van der Waals surface area (Å²) in [5.74, 6) is -0.281. The molecular weight excluding hydrogens is 338 g/mol. The lowest BCUT2D eigenvalue weighted by molar-refractivity contribution is -0.119. The van der Waals surface area contributed by atoms with Crippen molar-refractivity contribution in [2.24, 2.45) is 5.92 Å². The highest BCUT2D eigenvalue weighted by Gasteiger charge is 2.36. The van der Waals surface area contributed by atoms with Crippen LogP contribution in [0.3, 0.4) is 0 Å². The molecule has 1 aliphatic carbocycles. The lowest BCUT2D eigenvalue weighted by Gasteiger charge is -2.25. The zero-order valence-electron chi connectivity index (χ0n) is 17.1. The van der Waals surface area contributed by atoms with Crippen LogP contribution in [0.1, 0.15) is 46.1 Å². The summed E-state index contributed by atoms with van der Waals surface area (Å²) >= 11 is 0. The average Bonchev–Trinajstić information content (AvgIpc) is 2.62. The Labute approximate surface area is 162 Å². The summed E-state index contributed by atoms with van der Waals surface area (Å²) in [7, 11) is 1.45. The molecule has 0 bridgehead atoms. The van der Waals surface area contributed by atoms with Gasteiger partial charge < -0.3 is 10.1 Å². The van der Waals surface area contributed by atoms with Crippen LogP contribution in [-0.4, -0.2) is 18.7 Å². The fraction of sp³-hybridized carbons (Fsp3) is 0.391. The minimum absolute atomic E-state index is 0.0742. The molecule has 2 rings (SSSR count). The van der Waals surface area contributed by atoms with E-state index in [1.807, 2.05) is 38.1 Å². The third-order valence-electron chi connectivity index (χ3n) is 4.81. The first kappa shape index (κ1) is 20.7. The van der Waals surface area contributed by atoms with Gasteiger partial charge in [0.15, 0.2) is 5.76 Å². The highest BCUT2D eigenvalue weighted by molar-refractivity contribution is 6.25.